The van der Waals surface area contributed by atoms with Crippen LogP contribution in [0.25, 0.3) is 0 Å². The first-order valence-electron chi connectivity index (χ1n) is 2.62. The minimum absolute atomic E-state index is 0.559. The molecule has 0 aromatic rings. The predicted octanol–water partition coefficient (Wildman–Crippen LogP) is 1.97. The van der Waals surface area contributed by atoms with Gasteiger partial charge in [-0.05, 0) is 5.82 Å². The van der Waals surface area contributed by atoms with Crippen molar-refractivity contribution in [2.75, 3.05) is 6.16 Å². The van der Waals surface area contributed by atoms with Crippen molar-refractivity contribution >= 4 is 25.0 Å². The normalized spacial score (nSPS) is 15.7. The second kappa shape index (κ2) is 3.80. The van der Waals surface area contributed by atoms with Gasteiger partial charge in [-0.3, -0.25) is 4.57 Å². The molecule has 0 aromatic heterocycles. The van der Waals surface area contributed by atoms with Crippen molar-refractivity contribution in [2.24, 2.45) is 0 Å². The van der Waals surface area contributed by atoms with Gasteiger partial charge in [0.05, 0.1) is 5.49 Å². The van der Waals surface area contributed by atoms with E-state index in [2.05, 4.69) is 23.9 Å². The molecule has 0 aliphatic carbocycles. The van der Waals surface area contributed by atoms with E-state index in [-0.39, 0.29) is 0 Å². The molecule has 0 amide bonds. The molecule has 0 spiro atoms. The Hall–Kier alpha value is -0.140. The van der Waals surface area contributed by atoms with Gasteiger partial charge < -0.3 is 5.09 Å². The molecular weight excluding hydrogens is 153 g/mol. The average Bonchev–Trinajstić information content (AvgIpc) is 1.89. The summed E-state index contributed by atoms with van der Waals surface area (Å²) in [5, 5.41) is 2.59. The van der Waals surface area contributed by atoms with Crippen molar-refractivity contribution in [3.63, 3.8) is 0 Å². The Morgan fingerprint density at radius 3 is 2.56 bits per heavy atom. The largest absolute Gasteiger partial charge is 0.330 e. The van der Waals surface area contributed by atoms with Crippen LogP contribution in [0.4, 0.5) is 0 Å². The first-order valence-corrected chi connectivity index (χ1v) is 5.05. The number of hydrogen-bond donors (Lipinski definition) is 1. The van der Waals surface area contributed by atoms with Gasteiger partial charge in [-0.15, -0.1) is 0 Å². The summed E-state index contributed by atoms with van der Waals surface area (Å²) in [4.78, 5) is 0. The Balaban J connectivity index is 4.09. The van der Waals surface area contributed by atoms with Gasteiger partial charge in [-0.1, -0.05) is 25.7 Å². The third kappa shape index (κ3) is 2.78. The van der Waals surface area contributed by atoms with Gasteiger partial charge >= 0.3 is 0 Å². The van der Waals surface area contributed by atoms with E-state index in [0.717, 1.165) is 0 Å². The Bertz CT molecular complexity index is 157. The lowest BCUT2D eigenvalue weighted by atomic mass is 11.0. The lowest BCUT2D eigenvalue weighted by Crippen LogP contribution is -2.04. The van der Waals surface area contributed by atoms with E-state index in [4.69, 9.17) is 0 Å². The molecule has 0 heterocycles. The van der Waals surface area contributed by atoms with Gasteiger partial charge in [0, 0.05) is 6.16 Å². The van der Waals surface area contributed by atoms with Gasteiger partial charge in [-0.25, -0.2) is 0 Å². The summed E-state index contributed by atoms with van der Waals surface area (Å²) >= 11 is 4.48. The average molecular weight is 163 g/mol. The molecule has 1 unspecified atom stereocenters. The van der Waals surface area contributed by atoms with Crippen LogP contribution < -0.4 is 5.09 Å². The standard InChI is InChI=1S/C5H10NOPS/c1-3-8(7,4-2)6-5-9/h3,5H,1,4H2,2H3,(H,6,7,9). The summed E-state index contributed by atoms with van der Waals surface area (Å²) in [7, 11) is -2.33. The highest BCUT2D eigenvalue weighted by molar-refractivity contribution is 7.80. The highest BCUT2D eigenvalue weighted by Gasteiger charge is 2.10. The third-order valence-corrected chi connectivity index (χ3v) is 3.42. The van der Waals surface area contributed by atoms with Gasteiger partial charge in [0.2, 0.25) is 0 Å². The molecule has 0 aromatic carbocycles. The lowest BCUT2D eigenvalue weighted by molar-refractivity contribution is 0.579. The second-order valence-electron chi connectivity index (χ2n) is 1.54. The first-order chi connectivity index (χ1) is 4.18. The summed E-state index contributed by atoms with van der Waals surface area (Å²) < 4.78 is 11.2. The van der Waals surface area contributed by atoms with Crippen LogP contribution in [0.15, 0.2) is 12.4 Å². The summed E-state index contributed by atoms with van der Waals surface area (Å²) in [6, 6.07) is 0. The van der Waals surface area contributed by atoms with Crippen molar-refractivity contribution in [3.8, 4) is 0 Å². The fraction of sp³-hybridized carbons (Fsp3) is 0.400. The predicted molar refractivity (Wildman–Crippen MR) is 45.1 cm³/mol. The summed E-state index contributed by atoms with van der Waals surface area (Å²) in [5.74, 6) is 1.43. The van der Waals surface area contributed by atoms with Crippen molar-refractivity contribution < 1.29 is 4.57 Å². The molecule has 52 valence electrons. The van der Waals surface area contributed by atoms with Crippen LogP contribution in [0.2, 0.25) is 0 Å². The van der Waals surface area contributed by atoms with Gasteiger partial charge in [-0.2, -0.15) is 0 Å². The Morgan fingerprint density at radius 1 is 1.89 bits per heavy atom. The topological polar surface area (TPSA) is 29.1 Å². The zero-order valence-corrected chi connectivity index (χ0v) is 7.04. The van der Waals surface area contributed by atoms with Gasteiger partial charge in [0.1, 0.15) is 0 Å². The quantitative estimate of drug-likeness (QED) is 0.507. The highest BCUT2D eigenvalue weighted by Crippen LogP contribution is 2.40. The number of nitrogens with one attached hydrogen (secondary N) is 1. The maximum atomic E-state index is 11.2. The molecule has 4 heteroatoms. The molecule has 0 saturated heterocycles. The Kier molecular flexibility index (Phi) is 3.75. The van der Waals surface area contributed by atoms with Crippen LogP contribution >= 0.6 is 19.5 Å². The Labute approximate surface area is 60.8 Å². The van der Waals surface area contributed by atoms with Gasteiger partial charge in [0.25, 0.3) is 0 Å². The molecule has 0 aliphatic heterocycles. The monoisotopic (exact) mass is 163 g/mol. The van der Waals surface area contributed by atoms with E-state index in [0.29, 0.717) is 6.16 Å². The van der Waals surface area contributed by atoms with Crippen molar-refractivity contribution in [1.82, 2.24) is 5.09 Å². The van der Waals surface area contributed by atoms with E-state index >= 15 is 0 Å². The fourth-order valence-corrected chi connectivity index (χ4v) is 1.62. The SMILES string of the molecule is C=CP(=O)(CC)NC=S. The maximum Gasteiger partial charge on any atom is 0.190 e. The third-order valence-electron chi connectivity index (χ3n) is 1.04. The van der Waals surface area contributed by atoms with Crippen LogP contribution in [0, 0.1) is 0 Å². The molecule has 2 nitrogen and oxygen atoms in total. The van der Waals surface area contributed by atoms with E-state index in [9.17, 15) is 4.57 Å². The lowest BCUT2D eigenvalue weighted by Gasteiger charge is -2.08. The highest BCUT2D eigenvalue weighted by atomic mass is 32.1. The van der Waals surface area contributed by atoms with Crippen LogP contribution in [-0.4, -0.2) is 11.7 Å². The van der Waals surface area contributed by atoms with Crippen molar-refractivity contribution in [2.45, 2.75) is 6.92 Å². The summed E-state index contributed by atoms with van der Waals surface area (Å²) in [5.41, 5.74) is 1.27. The van der Waals surface area contributed by atoms with Crippen molar-refractivity contribution in [3.05, 3.63) is 12.4 Å². The number of thiocarbonyl (C=S) groups is 1. The molecular formula is C5H10NOPS. The van der Waals surface area contributed by atoms with E-state index in [1.54, 1.807) is 0 Å². The number of rotatable bonds is 4. The summed E-state index contributed by atoms with van der Waals surface area (Å²) in [6.45, 7) is 5.26. The van der Waals surface area contributed by atoms with Crippen molar-refractivity contribution in [1.29, 1.82) is 0 Å². The minimum atomic E-state index is -2.33. The van der Waals surface area contributed by atoms with Crippen LogP contribution in [0.3, 0.4) is 0 Å². The molecule has 0 radical (unpaired) electrons. The molecule has 0 saturated carbocycles. The Morgan fingerprint density at radius 2 is 2.44 bits per heavy atom. The second-order valence-corrected chi connectivity index (χ2v) is 4.62. The van der Waals surface area contributed by atoms with Gasteiger partial charge in [0.15, 0.2) is 7.29 Å². The van der Waals surface area contributed by atoms with Crippen LogP contribution in [0.5, 0.6) is 0 Å². The minimum Gasteiger partial charge on any atom is -0.330 e. The summed E-state index contributed by atoms with van der Waals surface area (Å²) in [6.07, 6.45) is 0.559. The van der Waals surface area contributed by atoms with Crippen LogP contribution in [-0.2, 0) is 4.57 Å². The molecule has 0 rings (SSSR count). The molecule has 0 bridgehead atoms. The smallest absolute Gasteiger partial charge is 0.190 e. The zero-order chi connectivity index (χ0) is 7.33. The van der Waals surface area contributed by atoms with E-state index < -0.39 is 7.29 Å². The zero-order valence-electron chi connectivity index (χ0n) is 5.33. The first kappa shape index (κ1) is 8.86. The van der Waals surface area contributed by atoms with E-state index in [1.807, 2.05) is 6.92 Å². The number of hydrogen-bond acceptors (Lipinski definition) is 2. The molecule has 0 aliphatic rings. The van der Waals surface area contributed by atoms with E-state index in [1.165, 1.54) is 11.3 Å². The molecule has 9 heavy (non-hydrogen) atoms. The van der Waals surface area contributed by atoms with Crippen LogP contribution in [0.1, 0.15) is 6.92 Å². The maximum absolute atomic E-state index is 11.2. The molecule has 0 fully saturated rings. The fourth-order valence-electron chi connectivity index (χ4n) is 0.362. The molecule has 1 N–H and O–H groups in total. The molecule has 1 atom stereocenters.